The molecular weight excluding hydrogens is 308 g/mol. The number of aliphatic carboxylic acids is 1. The fourth-order valence-electron chi connectivity index (χ4n) is 1.92. The topological polar surface area (TPSA) is 62.2 Å². The van der Waals surface area contributed by atoms with Crippen LogP contribution in [0.3, 0.4) is 0 Å². The molecule has 0 unspecified atom stereocenters. The van der Waals surface area contributed by atoms with Crippen LogP contribution in [0.2, 0.25) is 0 Å². The number of rotatable bonds is 6. The van der Waals surface area contributed by atoms with Gasteiger partial charge in [0.1, 0.15) is 5.82 Å². The molecular formula is C14H15BrN2O2. The summed E-state index contributed by atoms with van der Waals surface area (Å²) in [7, 11) is 0. The summed E-state index contributed by atoms with van der Waals surface area (Å²) in [5, 5.41) is 14.0. The number of carboxylic acid groups (broad SMARTS) is 1. The smallest absolute Gasteiger partial charge is 0.303 e. The van der Waals surface area contributed by atoms with Crippen LogP contribution >= 0.6 is 15.9 Å². The van der Waals surface area contributed by atoms with Crippen molar-refractivity contribution in [3.63, 3.8) is 0 Å². The van der Waals surface area contributed by atoms with Crippen molar-refractivity contribution >= 4 is 38.5 Å². The van der Waals surface area contributed by atoms with Gasteiger partial charge >= 0.3 is 5.97 Å². The van der Waals surface area contributed by atoms with Crippen molar-refractivity contribution in [3.05, 3.63) is 34.9 Å². The third-order valence-electron chi connectivity index (χ3n) is 2.86. The van der Waals surface area contributed by atoms with Crippen molar-refractivity contribution in [2.45, 2.75) is 19.3 Å². The lowest BCUT2D eigenvalue weighted by Gasteiger charge is -2.09. The first-order chi connectivity index (χ1) is 9.18. The maximum Gasteiger partial charge on any atom is 0.303 e. The number of hydrogen-bond donors (Lipinski definition) is 2. The molecule has 2 rings (SSSR count). The number of benzene rings is 1. The van der Waals surface area contributed by atoms with Gasteiger partial charge in [0.15, 0.2) is 0 Å². The highest BCUT2D eigenvalue weighted by atomic mass is 79.9. The van der Waals surface area contributed by atoms with Gasteiger partial charge in [0.05, 0.1) is 0 Å². The molecule has 0 fully saturated rings. The summed E-state index contributed by atoms with van der Waals surface area (Å²) in [6.45, 7) is 0.728. The number of hydrogen-bond acceptors (Lipinski definition) is 3. The van der Waals surface area contributed by atoms with E-state index < -0.39 is 5.97 Å². The van der Waals surface area contributed by atoms with E-state index >= 15 is 0 Å². The van der Waals surface area contributed by atoms with Crippen molar-refractivity contribution in [3.8, 4) is 0 Å². The third-order valence-corrected chi connectivity index (χ3v) is 3.55. The van der Waals surface area contributed by atoms with E-state index in [0.717, 1.165) is 34.0 Å². The lowest BCUT2D eigenvalue weighted by molar-refractivity contribution is -0.137. The Hall–Kier alpha value is -1.62. The van der Waals surface area contributed by atoms with Gasteiger partial charge in [0, 0.05) is 34.4 Å². The molecule has 0 spiro atoms. The fourth-order valence-corrected chi connectivity index (χ4v) is 2.42. The fraction of sp³-hybridized carbons (Fsp3) is 0.286. The number of carboxylic acids is 1. The van der Waals surface area contributed by atoms with E-state index in [1.807, 2.05) is 24.3 Å². The van der Waals surface area contributed by atoms with E-state index in [-0.39, 0.29) is 6.42 Å². The Labute approximate surface area is 120 Å². The van der Waals surface area contributed by atoms with Gasteiger partial charge in [-0.25, -0.2) is 4.98 Å². The maximum absolute atomic E-state index is 10.4. The van der Waals surface area contributed by atoms with Crippen LogP contribution in [0.5, 0.6) is 0 Å². The molecule has 0 atom stereocenters. The van der Waals surface area contributed by atoms with Crippen molar-refractivity contribution in [1.29, 1.82) is 0 Å². The number of nitrogens with zero attached hydrogens (tertiary/aromatic N) is 1. The first kappa shape index (κ1) is 13.8. The van der Waals surface area contributed by atoms with Crippen molar-refractivity contribution in [1.82, 2.24) is 4.98 Å². The van der Waals surface area contributed by atoms with E-state index in [2.05, 4.69) is 26.2 Å². The SMILES string of the molecule is O=C(O)CCCCNc1nccc2c(Br)cccc12. The van der Waals surface area contributed by atoms with Crippen molar-refractivity contribution < 1.29 is 9.90 Å². The number of aromatic nitrogens is 1. The van der Waals surface area contributed by atoms with Gasteiger partial charge in [-0.2, -0.15) is 0 Å². The minimum atomic E-state index is -0.743. The van der Waals surface area contributed by atoms with Crippen LogP contribution in [0.25, 0.3) is 10.8 Å². The first-order valence-electron chi connectivity index (χ1n) is 6.17. The summed E-state index contributed by atoms with van der Waals surface area (Å²) in [4.78, 5) is 14.7. The van der Waals surface area contributed by atoms with E-state index in [0.29, 0.717) is 6.42 Å². The van der Waals surface area contributed by atoms with Crippen LogP contribution in [0, 0.1) is 0 Å². The Kier molecular flexibility index (Phi) is 4.74. The molecule has 2 N–H and O–H groups in total. The second kappa shape index (κ2) is 6.52. The van der Waals surface area contributed by atoms with Gasteiger partial charge < -0.3 is 10.4 Å². The Bertz CT molecular complexity index is 587. The molecule has 0 aliphatic heterocycles. The van der Waals surface area contributed by atoms with Crippen LogP contribution < -0.4 is 5.32 Å². The minimum absolute atomic E-state index is 0.218. The van der Waals surface area contributed by atoms with Crippen LogP contribution in [-0.2, 0) is 4.79 Å². The lowest BCUT2D eigenvalue weighted by Crippen LogP contribution is -2.05. The van der Waals surface area contributed by atoms with E-state index in [1.165, 1.54) is 0 Å². The summed E-state index contributed by atoms with van der Waals surface area (Å²) in [6, 6.07) is 7.96. The van der Waals surface area contributed by atoms with Crippen LogP contribution in [0.4, 0.5) is 5.82 Å². The molecule has 2 aromatic rings. The molecule has 1 heterocycles. The zero-order valence-corrected chi connectivity index (χ0v) is 12.0. The highest BCUT2D eigenvalue weighted by Gasteiger charge is 2.04. The Balaban J connectivity index is 2.01. The normalized spacial score (nSPS) is 10.6. The maximum atomic E-state index is 10.4. The second-order valence-corrected chi connectivity index (χ2v) is 5.13. The average molecular weight is 323 g/mol. The summed E-state index contributed by atoms with van der Waals surface area (Å²) in [6.07, 6.45) is 3.48. The number of fused-ring (bicyclic) bond motifs is 1. The number of nitrogens with one attached hydrogen (secondary N) is 1. The molecule has 1 aromatic carbocycles. The van der Waals surface area contributed by atoms with Crippen LogP contribution in [-0.4, -0.2) is 22.6 Å². The van der Waals surface area contributed by atoms with E-state index in [4.69, 9.17) is 5.11 Å². The molecule has 0 saturated heterocycles. The lowest BCUT2D eigenvalue weighted by atomic mass is 10.1. The first-order valence-corrected chi connectivity index (χ1v) is 6.96. The van der Waals surface area contributed by atoms with Crippen molar-refractivity contribution in [2.75, 3.05) is 11.9 Å². The van der Waals surface area contributed by atoms with Crippen LogP contribution in [0.1, 0.15) is 19.3 Å². The molecule has 4 nitrogen and oxygen atoms in total. The Morgan fingerprint density at radius 2 is 2.11 bits per heavy atom. The van der Waals surface area contributed by atoms with Gasteiger partial charge in [-0.3, -0.25) is 4.79 Å². The molecule has 0 radical (unpaired) electrons. The predicted octanol–water partition coefficient (Wildman–Crippen LogP) is 3.66. The van der Waals surface area contributed by atoms with E-state index in [1.54, 1.807) is 6.20 Å². The number of unbranched alkanes of at least 4 members (excludes halogenated alkanes) is 1. The van der Waals surface area contributed by atoms with Gasteiger partial charge in [0.2, 0.25) is 0 Å². The zero-order chi connectivity index (χ0) is 13.7. The Morgan fingerprint density at radius 1 is 1.26 bits per heavy atom. The molecule has 5 heteroatoms. The van der Waals surface area contributed by atoms with Gasteiger partial charge in [0.25, 0.3) is 0 Å². The van der Waals surface area contributed by atoms with Crippen LogP contribution in [0.15, 0.2) is 34.9 Å². The molecule has 100 valence electrons. The summed E-state index contributed by atoms with van der Waals surface area (Å²) in [5.41, 5.74) is 0. The highest BCUT2D eigenvalue weighted by Crippen LogP contribution is 2.27. The largest absolute Gasteiger partial charge is 0.481 e. The second-order valence-electron chi connectivity index (χ2n) is 4.27. The van der Waals surface area contributed by atoms with Gasteiger partial charge in [-0.1, -0.05) is 28.1 Å². The quantitative estimate of drug-likeness (QED) is 0.796. The molecule has 0 bridgehead atoms. The molecule has 1 aromatic heterocycles. The molecule has 0 saturated carbocycles. The number of halogens is 1. The van der Waals surface area contributed by atoms with E-state index in [9.17, 15) is 4.79 Å². The summed E-state index contributed by atoms with van der Waals surface area (Å²) in [5.74, 6) is 0.0985. The standard InChI is InChI=1S/C14H15BrN2O2/c15-12-5-3-4-11-10(12)7-9-17-14(11)16-8-2-1-6-13(18)19/h3-5,7,9H,1-2,6,8H2,(H,16,17)(H,18,19). The summed E-state index contributed by atoms with van der Waals surface area (Å²) >= 11 is 3.52. The molecule has 19 heavy (non-hydrogen) atoms. The number of anilines is 1. The minimum Gasteiger partial charge on any atom is -0.481 e. The molecule has 0 amide bonds. The van der Waals surface area contributed by atoms with Crippen molar-refractivity contribution in [2.24, 2.45) is 0 Å². The highest BCUT2D eigenvalue weighted by molar-refractivity contribution is 9.10. The third kappa shape index (κ3) is 3.67. The van der Waals surface area contributed by atoms with Gasteiger partial charge in [-0.05, 0) is 25.0 Å². The number of carbonyl (C=O) groups is 1. The molecule has 0 aliphatic carbocycles. The Morgan fingerprint density at radius 3 is 2.89 bits per heavy atom. The average Bonchev–Trinajstić information content (AvgIpc) is 2.39. The monoisotopic (exact) mass is 322 g/mol. The number of pyridine rings is 1. The predicted molar refractivity (Wildman–Crippen MR) is 79.4 cm³/mol. The molecule has 0 aliphatic rings. The summed E-state index contributed by atoms with van der Waals surface area (Å²) < 4.78 is 1.04. The zero-order valence-electron chi connectivity index (χ0n) is 10.4. The van der Waals surface area contributed by atoms with Gasteiger partial charge in [-0.15, -0.1) is 0 Å².